The lowest BCUT2D eigenvalue weighted by Gasteiger charge is -2.33. The number of anilines is 1. The van der Waals surface area contributed by atoms with Crippen LogP contribution in [0.4, 0.5) is 10.3 Å². The number of aromatic nitrogens is 3. The van der Waals surface area contributed by atoms with E-state index in [0.29, 0.717) is 42.9 Å². The molecular weight excluding hydrogens is 337 g/mol. The number of aliphatic hydroxyl groups is 1. The van der Waals surface area contributed by atoms with Crippen molar-refractivity contribution in [1.29, 1.82) is 5.26 Å². The molecule has 8 heteroatoms. The van der Waals surface area contributed by atoms with Crippen LogP contribution in [0.3, 0.4) is 0 Å². The highest BCUT2D eigenvalue weighted by Crippen LogP contribution is 2.37. The van der Waals surface area contributed by atoms with Crippen molar-refractivity contribution in [2.45, 2.75) is 44.8 Å². The summed E-state index contributed by atoms with van der Waals surface area (Å²) in [6, 6.07) is 1.77. The summed E-state index contributed by atoms with van der Waals surface area (Å²) in [5.74, 6) is 0.772. The van der Waals surface area contributed by atoms with Crippen LogP contribution in [0.1, 0.15) is 37.4 Å². The predicted molar refractivity (Wildman–Crippen MR) is 92.1 cm³/mol. The van der Waals surface area contributed by atoms with Crippen LogP contribution < -0.4 is 5.32 Å². The second-order valence-electron chi connectivity index (χ2n) is 7.33. The molecule has 0 spiro atoms. The maximum atomic E-state index is 14.6. The number of rotatable bonds is 4. The minimum Gasteiger partial charge on any atom is -0.389 e. The van der Waals surface area contributed by atoms with E-state index in [1.54, 1.807) is 0 Å². The molecule has 2 fully saturated rings. The second-order valence-corrected chi connectivity index (χ2v) is 7.33. The number of nitrogens with zero attached hydrogens (tertiary/aromatic N) is 4. The molecule has 0 aromatic carbocycles. The number of nitrogens with one attached hydrogen (secondary N) is 1. The van der Waals surface area contributed by atoms with Crippen molar-refractivity contribution in [2.75, 3.05) is 18.5 Å². The molecule has 3 heterocycles. The summed E-state index contributed by atoms with van der Waals surface area (Å²) in [6.45, 7) is 3.00. The van der Waals surface area contributed by atoms with Crippen LogP contribution in [0.2, 0.25) is 0 Å². The van der Waals surface area contributed by atoms with Gasteiger partial charge in [0.25, 0.3) is 0 Å². The van der Waals surface area contributed by atoms with Crippen LogP contribution in [0.25, 0.3) is 5.52 Å². The Kier molecular flexibility index (Phi) is 4.51. The molecule has 2 aromatic rings. The summed E-state index contributed by atoms with van der Waals surface area (Å²) in [5, 5.41) is 27.0. The van der Waals surface area contributed by atoms with Gasteiger partial charge in [0.05, 0.1) is 30.6 Å². The van der Waals surface area contributed by atoms with Gasteiger partial charge in [0.1, 0.15) is 17.1 Å². The topological polar surface area (TPSA) is 95.5 Å². The van der Waals surface area contributed by atoms with E-state index >= 15 is 0 Å². The van der Waals surface area contributed by atoms with Crippen LogP contribution in [0.5, 0.6) is 0 Å². The summed E-state index contributed by atoms with van der Waals surface area (Å²) < 4.78 is 21.3. The average molecular weight is 359 g/mol. The van der Waals surface area contributed by atoms with E-state index in [0.717, 1.165) is 6.42 Å². The van der Waals surface area contributed by atoms with Gasteiger partial charge < -0.3 is 15.2 Å². The fourth-order valence-electron chi connectivity index (χ4n) is 3.78. The molecule has 1 saturated heterocycles. The number of halogens is 1. The Morgan fingerprint density at radius 2 is 2.31 bits per heavy atom. The highest BCUT2D eigenvalue weighted by molar-refractivity contribution is 5.58. The lowest BCUT2D eigenvalue weighted by molar-refractivity contribution is -0.0136. The zero-order valence-electron chi connectivity index (χ0n) is 14.7. The molecule has 0 radical (unpaired) electrons. The summed E-state index contributed by atoms with van der Waals surface area (Å²) in [5.41, 5.74) is 0.873. The minimum atomic E-state index is -0.644. The molecule has 4 rings (SSSR count). The largest absolute Gasteiger partial charge is 0.389 e. The Morgan fingerprint density at radius 1 is 1.46 bits per heavy atom. The molecule has 1 aliphatic carbocycles. The molecule has 2 aromatic heterocycles. The fraction of sp³-hybridized carbons (Fsp3) is 0.611. The summed E-state index contributed by atoms with van der Waals surface area (Å²) in [4.78, 5) is 4.17. The highest BCUT2D eigenvalue weighted by atomic mass is 19.1. The standard InChI is InChI=1S/C18H22FN5O2/c1-10-2-3-11(10)6-14-12(7-20)17(19)15-8-21-18(23-24(14)15)22-13-4-5-26-9-16(13)25/h8,10-11,13,16,25H,2-6,9H2,1H3,(H,22,23)/t10?,11?,13-,16-/m1/s1. The zero-order valence-corrected chi connectivity index (χ0v) is 14.7. The van der Waals surface area contributed by atoms with Crippen LogP contribution in [-0.4, -0.2) is 45.1 Å². The SMILES string of the molecule is CC1CCC1Cc1c(C#N)c(F)c2cnc(N[C@@H]3CCOC[C@H]3O)nn12. The molecule has 2 unspecified atom stereocenters. The third-order valence-corrected chi connectivity index (χ3v) is 5.73. The minimum absolute atomic E-state index is 0.0571. The molecule has 2 aliphatic rings. The molecular formula is C18H22FN5O2. The maximum absolute atomic E-state index is 14.6. The lowest BCUT2D eigenvalue weighted by atomic mass is 9.72. The van der Waals surface area contributed by atoms with E-state index in [1.807, 2.05) is 6.07 Å². The van der Waals surface area contributed by atoms with Gasteiger partial charge in [-0.3, -0.25) is 0 Å². The van der Waals surface area contributed by atoms with Gasteiger partial charge in [0.2, 0.25) is 5.95 Å². The van der Waals surface area contributed by atoms with E-state index in [9.17, 15) is 14.8 Å². The van der Waals surface area contributed by atoms with E-state index in [1.165, 1.54) is 17.1 Å². The number of aliphatic hydroxyl groups excluding tert-OH is 1. The van der Waals surface area contributed by atoms with Gasteiger partial charge in [-0.15, -0.1) is 5.10 Å². The van der Waals surface area contributed by atoms with E-state index < -0.39 is 11.9 Å². The molecule has 26 heavy (non-hydrogen) atoms. The van der Waals surface area contributed by atoms with Crippen LogP contribution in [0.15, 0.2) is 6.20 Å². The van der Waals surface area contributed by atoms with Gasteiger partial charge in [-0.05, 0) is 31.1 Å². The van der Waals surface area contributed by atoms with Crippen molar-refractivity contribution in [3.63, 3.8) is 0 Å². The van der Waals surface area contributed by atoms with Crippen LogP contribution in [0, 0.1) is 29.0 Å². The lowest BCUT2D eigenvalue weighted by Crippen LogP contribution is -2.42. The average Bonchev–Trinajstić information content (AvgIpc) is 2.91. The summed E-state index contributed by atoms with van der Waals surface area (Å²) in [7, 11) is 0. The monoisotopic (exact) mass is 359 g/mol. The van der Waals surface area contributed by atoms with Gasteiger partial charge in [-0.2, -0.15) is 5.26 Å². The number of fused-ring (bicyclic) bond motifs is 1. The highest BCUT2D eigenvalue weighted by Gasteiger charge is 2.31. The predicted octanol–water partition coefficient (Wildman–Crippen LogP) is 1.89. The Labute approximate surface area is 150 Å². The van der Waals surface area contributed by atoms with Gasteiger partial charge in [0.15, 0.2) is 5.82 Å². The van der Waals surface area contributed by atoms with Gasteiger partial charge >= 0.3 is 0 Å². The van der Waals surface area contributed by atoms with E-state index in [4.69, 9.17) is 4.74 Å². The Bertz CT molecular complexity index is 861. The molecule has 0 bridgehead atoms. The number of hydrogen-bond acceptors (Lipinski definition) is 6. The molecule has 4 atom stereocenters. The first kappa shape index (κ1) is 17.2. The number of nitriles is 1. The smallest absolute Gasteiger partial charge is 0.241 e. The van der Waals surface area contributed by atoms with Crippen LogP contribution >= 0.6 is 0 Å². The number of ether oxygens (including phenoxy) is 1. The Hall–Kier alpha value is -2.24. The van der Waals surface area contributed by atoms with Crippen molar-refractivity contribution in [3.8, 4) is 6.07 Å². The molecule has 0 amide bonds. The van der Waals surface area contributed by atoms with Crippen LogP contribution in [-0.2, 0) is 11.2 Å². The normalized spacial score (nSPS) is 28.5. The molecule has 1 aliphatic heterocycles. The van der Waals surface area contributed by atoms with Gasteiger partial charge in [-0.1, -0.05) is 13.3 Å². The third kappa shape index (κ3) is 2.91. The first-order chi connectivity index (χ1) is 12.6. The van der Waals surface area contributed by atoms with E-state index in [2.05, 4.69) is 22.3 Å². The second kappa shape index (κ2) is 6.82. The Morgan fingerprint density at radius 3 is 2.96 bits per heavy atom. The molecule has 7 nitrogen and oxygen atoms in total. The Balaban J connectivity index is 1.68. The van der Waals surface area contributed by atoms with Crippen molar-refractivity contribution in [2.24, 2.45) is 11.8 Å². The molecule has 2 N–H and O–H groups in total. The first-order valence-corrected chi connectivity index (χ1v) is 9.07. The summed E-state index contributed by atoms with van der Waals surface area (Å²) >= 11 is 0. The third-order valence-electron chi connectivity index (χ3n) is 5.73. The molecule has 1 saturated carbocycles. The maximum Gasteiger partial charge on any atom is 0.241 e. The quantitative estimate of drug-likeness (QED) is 0.866. The fourth-order valence-corrected chi connectivity index (χ4v) is 3.78. The first-order valence-electron chi connectivity index (χ1n) is 9.07. The van der Waals surface area contributed by atoms with Crippen molar-refractivity contribution in [3.05, 3.63) is 23.3 Å². The van der Waals surface area contributed by atoms with Gasteiger partial charge in [0, 0.05) is 6.61 Å². The van der Waals surface area contributed by atoms with Crippen molar-refractivity contribution >= 4 is 11.5 Å². The van der Waals surface area contributed by atoms with Crippen molar-refractivity contribution < 1.29 is 14.2 Å². The molecule has 138 valence electrons. The van der Waals surface area contributed by atoms with E-state index in [-0.39, 0.29) is 23.7 Å². The zero-order chi connectivity index (χ0) is 18.3. The summed E-state index contributed by atoms with van der Waals surface area (Å²) in [6.07, 6.45) is 4.27. The van der Waals surface area contributed by atoms with Crippen molar-refractivity contribution in [1.82, 2.24) is 14.6 Å². The number of hydrogen-bond donors (Lipinski definition) is 2. The van der Waals surface area contributed by atoms with Gasteiger partial charge in [-0.25, -0.2) is 13.9 Å².